The number of nitrogens with one attached hydrogen (secondary N) is 2. The van der Waals surface area contributed by atoms with E-state index >= 15 is 0 Å². The summed E-state index contributed by atoms with van der Waals surface area (Å²) in [4.78, 5) is 38.7. The van der Waals surface area contributed by atoms with Gasteiger partial charge in [-0.05, 0) is 50.2 Å². The molecule has 2 N–H and O–H groups in total. The van der Waals surface area contributed by atoms with Crippen LogP contribution in [0.5, 0.6) is 0 Å². The zero-order chi connectivity index (χ0) is 20.4. The number of carbonyl (C=O) groups is 3. The molecule has 28 heavy (non-hydrogen) atoms. The molecule has 0 radical (unpaired) electrons. The number of rotatable bonds is 6. The van der Waals surface area contributed by atoms with Crippen molar-refractivity contribution in [3.63, 3.8) is 0 Å². The van der Waals surface area contributed by atoms with Gasteiger partial charge in [0.25, 0.3) is 5.91 Å². The number of aryl methyl sites for hydroxylation is 1. The normalized spacial score (nSPS) is 23.4. The second-order valence-corrected chi connectivity index (χ2v) is 7.84. The summed E-state index contributed by atoms with van der Waals surface area (Å²) < 4.78 is 0. The third kappa shape index (κ3) is 3.59. The minimum Gasteiger partial charge on any atom is -0.336 e. The lowest BCUT2D eigenvalue weighted by atomic mass is 9.91. The highest BCUT2D eigenvalue weighted by atomic mass is 16.2. The molecular formula is C21H26N4O3. The van der Waals surface area contributed by atoms with Crippen molar-refractivity contribution in [2.45, 2.75) is 63.5 Å². The van der Waals surface area contributed by atoms with Crippen LogP contribution in [0.15, 0.2) is 24.3 Å². The van der Waals surface area contributed by atoms with Gasteiger partial charge in [-0.25, -0.2) is 4.79 Å². The number of nitrogens with zero attached hydrogens (tertiary/aromatic N) is 2. The predicted molar refractivity (Wildman–Crippen MR) is 103 cm³/mol. The largest absolute Gasteiger partial charge is 0.336 e. The molecule has 2 aliphatic rings. The minimum atomic E-state index is -1.21. The van der Waals surface area contributed by atoms with E-state index in [0.717, 1.165) is 30.6 Å². The second-order valence-electron chi connectivity index (χ2n) is 7.84. The molecule has 1 aromatic rings. The Morgan fingerprint density at radius 3 is 2.46 bits per heavy atom. The van der Waals surface area contributed by atoms with Crippen LogP contribution in [0.25, 0.3) is 0 Å². The van der Waals surface area contributed by atoms with Crippen LogP contribution in [0.2, 0.25) is 0 Å². The number of nitriles is 1. The van der Waals surface area contributed by atoms with Crippen molar-refractivity contribution in [2.24, 2.45) is 0 Å². The van der Waals surface area contributed by atoms with Crippen molar-refractivity contribution in [1.82, 2.24) is 15.5 Å². The van der Waals surface area contributed by atoms with Crippen LogP contribution >= 0.6 is 0 Å². The monoisotopic (exact) mass is 382 g/mol. The summed E-state index contributed by atoms with van der Waals surface area (Å²) in [5.74, 6) is -0.956. The number of urea groups is 1. The molecule has 0 bridgehead atoms. The summed E-state index contributed by atoms with van der Waals surface area (Å²) in [5.41, 5.74) is -0.240. The molecule has 1 atom stereocenters. The fourth-order valence-corrected chi connectivity index (χ4v) is 4.02. The number of amides is 4. The van der Waals surface area contributed by atoms with Gasteiger partial charge in [-0.2, -0.15) is 5.26 Å². The van der Waals surface area contributed by atoms with E-state index in [0.29, 0.717) is 18.4 Å². The highest BCUT2D eigenvalue weighted by Crippen LogP contribution is 2.30. The Morgan fingerprint density at radius 1 is 1.25 bits per heavy atom. The molecule has 1 saturated carbocycles. The first-order chi connectivity index (χ1) is 13.3. The molecule has 3 rings (SSSR count). The fourth-order valence-electron chi connectivity index (χ4n) is 4.02. The molecule has 1 aliphatic heterocycles. The van der Waals surface area contributed by atoms with Gasteiger partial charge in [0.1, 0.15) is 17.6 Å². The van der Waals surface area contributed by atoms with Crippen molar-refractivity contribution < 1.29 is 14.4 Å². The summed E-state index contributed by atoms with van der Waals surface area (Å²) in [6.07, 6.45) is 4.92. The van der Waals surface area contributed by atoms with E-state index in [1.165, 1.54) is 5.56 Å². The first-order valence-electron chi connectivity index (χ1n) is 9.79. The number of hydrogen-bond donors (Lipinski definition) is 2. The SMILES string of the molecule is CCCc1ccc([C@@]2(C)NC(=O)N(CC(=O)NC3(C#N)CCCC3)C2=O)cc1. The van der Waals surface area contributed by atoms with Crippen molar-refractivity contribution >= 4 is 17.8 Å². The Balaban J connectivity index is 1.72. The fraction of sp³-hybridized carbons (Fsp3) is 0.524. The lowest BCUT2D eigenvalue weighted by Crippen LogP contribution is -2.50. The summed E-state index contributed by atoms with van der Waals surface area (Å²) in [7, 11) is 0. The van der Waals surface area contributed by atoms with Crippen LogP contribution in [0.3, 0.4) is 0 Å². The molecule has 0 aromatic heterocycles. The van der Waals surface area contributed by atoms with Gasteiger partial charge in [0, 0.05) is 0 Å². The first-order valence-corrected chi connectivity index (χ1v) is 9.79. The van der Waals surface area contributed by atoms with Crippen LogP contribution in [-0.4, -0.2) is 34.8 Å². The molecule has 1 heterocycles. The van der Waals surface area contributed by atoms with Gasteiger partial charge in [0.05, 0.1) is 6.07 Å². The quantitative estimate of drug-likeness (QED) is 0.737. The van der Waals surface area contributed by atoms with E-state index < -0.39 is 35.5 Å². The third-order valence-electron chi connectivity index (χ3n) is 5.70. The third-order valence-corrected chi connectivity index (χ3v) is 5.70. The average Bonchev–Trinajstić information content (AvgIpc) is 3.22. The van der Waals surface area contributed by atoms with Gasteiger partial charge in [-0.15, -0.1) is 0 Å². The van der Waals surface area contributed by atoms with Gasteiger partial charge in [-0.3, -0.25) is 14.5 Å². The van der Waals surface area contributed by atoms with Crippen LogP contribution in [0.1, 0.15) is 57.1 Å². The molecule has 0 spiro atoms. The van der Waals surface area contributed by atoms with Crippen molar-refractivity contribution in [1.29, 1.82) is 5.26 Å². The van der Waals surface area contributed by atoms with E-state index in [1.807, 2.05) is 24.3 Å². The van der Waals surface area contributed by atoms with Crippen LogP contribution in [0, 0.1) is 11.3 Å². The van der Waals surface area contributed by atoms with Gasteiger partial charge in [0.2, 0.25) is 5.91 Å². The van der Waals surface area contributed by atoms with Crippen LogP contribution in [-0.2, 0) is 21.5 Å². The number of benzene rings is 1. The number of imide groups is 1. The van der Waals surface area contributed by atoms with Crippen molar-refractivity contribution in [2.75, 3.05) is 6.54 Å². The van der Waals surface area contributed by atoms with E-state index in [-0.39, 0.29) is 0 Å². The predicted octanol–water partition coefficient (Wildman–Crippen LogP) is 2.36. The topological polar surface area (TPSA) is 102 Å². The second kappa shape index (κ2) is 7.63. The zero-order valence-corrected chi connectivity index (χ0v) is 16.4. The lowest BCUT2D eigenvalue weighted by Gasteiger charge is -2.24. The Kier molecular flexibility index (Phi) is 5.41. The Hall–Kier alpha value is -2.88. The Bertz CT molecular complexity index is 821. The molecule has 1 aliphatic carbocycles. The molecule has 1 saturated heterocycles. The summed E-state index contributed by atoms with van der Waals surface area (Å²) >= 11 is 0. The summed E-state index contributed by atoms with van der Waals surface area (Å²) in [6, 6.07) is 9.17. The van der Waals surface area contributed by atoms with Gasteiger partial charge >= 0.3 is 6.03 Å². The molecule has 148 valence electrons. The Morgan fingerprint density at radius 2 is 1.89 bits per heavy atom. The van der Waals surface area contributed by atoms with Gasteiger partial charge in [-0.1, -0.05) is 37.6 Å². The zero-order valence-electron chi connectivity index (χ0n) is 16.4. The van der Waals surface area contributed by atoms with Crippen molar-refractivity contribution in [3.8, 4) is 6.07 Å². The molecule has 1 aromatic carbocycles. The maximum Gasteiger partial charge on any atom is 0.325 e. The standard InChI is InChI=1S/C21H26N4O3/c1-3-6-15-7-9-16(10-8-15)20(2)18(27)25(19(28)24-20)13-17(26)23-21(14-22)11-4-5-12-21/h7-10H,3-6,11-13H2,1-2H3,(H,23,26)(H,24,28)/t20-/m1/s1. The maximum atomic E-state index is 13.0. The summed E-state index contributed by atoms with van der Waals surface area (Å²) in [6.45, 7) is 3.35. The van der Waals surface area contributed by atoms with E-state index in [4.69, 9.17) is 0 Å². The Labute approximate surface area is 165 Å². The molecule has 7 heteroatoms. The van der Waals surface area contributed by atoms with Crippen molar-refractivity contribution in [3.05, 3.63) is 35.4 Å². The number of hydrogen-bond acceptors (Lipinski definition) is 4. The molecular weight excluding hydrogens is 356 g/mol. The van der Waals surface area contributed by atoms with E-state index in [9.17, 15) is 19.6 Å². The highest BCUT2D eigenvalue weighted by molar-refractivity contribution is 6.09. The smallest absolute Gasteiger partial charge is 0.325 e. The highest BCUT2D eigenvalue weighted by Gasteiger charge is 2.49. The first kappa shape index (κ1) is 19.9. The maximum absolute atomic E-state index is 13.0. The number of carbonyl (C=O) groups excluding carboxylic acids is 3. The molecule has 7 nitrogen and oxygen atoms in total. The van der Waals surface area contributed by atoms with Crippen LogP contribution < -0.4 is 10.6 Å². The average molecular weight is 382 g/mol. The lowest BCUT2D eigenvalue weighted by molar-refractivity contribution is -0.135. The van der Waals surface area contributed by atoms with E-state index in [1.54, 1.807) is 6.92 Å². The minimum absolute atomic E-state index is 0.391. The van der Waals surface area contributed by atoms with Gasteiger partial charge in [0.15, 0.2) is 0 Å². The molecule has 4 amide bonds. The van der Waals surface area contributed by atoms with E-state index in [2.05, 4.69) is 23.6 Å². The van der Waals surface area contributed by atoms with Gasteiger partial charge < -0.3 is 10.6 Å². The molecule has 0 unspecified atom stereocenters. The summed E-state index contributed by atoms with van der Waals surface area (Å²) in [5, 5.41) is 14.8. The van der Waals surface area contributed by atoms with Crippen LogP contribution in [0.4, 0.5) is 4.79 Å². The molecule has 2 fully saturated rings.